The molecule has 0 aliphatic carbocycles. The van der Waals surface area contributed by atoms with Crippen molar-refractivity contribution < 1.29 is 4.79 Å². The van der Waals surface area contributed by atoms with E-state index in [1.54, 1.807) is 12.4 Å². The van der Waals surface area contributed by atoms with Gasteiger partial charge in [-0.3, -0.25) is 9.78 Å². The van der Waals surface area contributed by atoms with Crippen LogP contribution in [-0.4, -0.2) is 20.3 Å². The molecule has 0 fully saturated rings. The number of pyridine rings is 1. The van der Waals surface area contributed by atoms with Crippen LogP contribution in [0.3, 0.4) is 0 Å². The van der Waals surface area contributed by atoms with Crippen LogP contribution in [0.4, 0.5) is 0 Å². The molecule has 0 aliphatic heterocycles. The van der Waals surface area contributed by atoms with Crippen LogP contribution < -0.4 is 0 Å². The Labute approximate surface area is 139 Å². The Kier molecular flexibility index (Phi) is 3.63. The van der Waals surface area contributed by atoms with E-state index < -0.39 is 0 Å². The molecule has 24 heavy (non-hydrogen) atoms. The fourth-order valence-corrected chi connectivity index (χ4v) is 2.82. The smallest absolute Gasteiger partial charge is 0.182 e. The molecule has 4 nitrogen and oxygen atoms in total. The van der Waals surface area contributed by atoms with Crippen LogP contribution in [0.2, 0.25) is 0 Å². The van der Waals surface area contributed by atoms with Gasteiger partial charge in [0.2, 0.25) is 0 Å². The van der Waals surface area contributed by atoms with Crippen molar-refractivity contribution in [3.63, 3.8) is 0 Å². The molecule has 4 heteroatoms. The summed E-state index contributed by atoms with van der Waals surface area (Å²) < 4.78 is 1.97. The highest BCUT2D eigenvalue weighted by Crippen LogP contribution is 2.24. The van der Waals surface area contributed by atoms with Crippen LogP contribution in [-0.2, 0) is 6.54 Å². The molecule has 0 saturated carbocycles. The van der Waals surface area contributed by atoms with E-state index in [9.17, 15) is 4.79 Å². The maximum absolute atomic E-state index is 12.7. The van der Waals surface area contributed by atoms with Crippen LogP contribution in [0.15, 0.2) is 79.1 Å². The van der Waals surface area contributed by atoms with Crippen molar-refractivity contribution >= 4 is 16.8 Å². The highest BCUT2D eigenvalue weighted by Gasteiger charge is 2.15. The lowest BCUT2D eigenvalue weighted by Crippen LogP contribution is -2.11. The zero-order valence-corrected chi connectivity index (χ0v) is 13.0. The number of Topliss-reactive ketones (excluding diaryl/α,β-unsaturated/α-hetero) is 1. The van der Waals surface area contributed by atoms with Gasteiger partial charge in [-0.1, -0.05) is 42.5 Å². The summed E-state index contributed by atoms with van der Waals surface area (Å²) in [6, 6.07) is 21.0. The lowest BCUT2D eigenvalue weighted by molar-refractivity contribution is 0.0974. The Hall–Kier alpha value is -3.27. The third kappa shape index (κ3) is 2.58. The summed E-state index contributed by atoms with van der Waals surface area (Å²) in [6.07, 6.45) is 3.47. The quantitative estimate of drug-likeness (QED) is 0.535. The molecule has 116 valence electrons. The Bertz CT molecular complexity index is 991. The molecule has 0 radical (unpaired) electrons. The fraction of sp³-hybridized carbons (Fsp3) is 0.0500. The van der Waals surface area contributed by atoms with Crippen molar-refractivity contribution in [1.29, 1.82) is 0 Å². The summed E-state index contributed by atoms with van der Waals surface area (Å²) in [5.41, 5.74) is 3.48. The lowest BCUT2D eigenvalue weighted by atomic mass is 10.1. The highest BCUT2D eigenvalue weighted by molar-refractivity contribution is 5.97. The van der Waals surface area contributed by atoms with Gasteiger partial charge in [0, 0.05) is 23.5 Å². The SMILES string of the molecule is O=C(Cn1c(-c2ccncc2)nc2ccccc21)c1ccccc1. The molecule has 0 spiro atoms. The van der Waals surface area contributed by atoms with Gasteiger partial charge < -0.3 is 4.57 Å². The average Bonchev–Trinajstić information content (AvgIpc) is 3.02. The Balaban J connectivity index is 1.83. The van der Waals surface area contributed by atoms with Gasteiger partial charge >= 0.3 is 0 Å². The van der Waals surface area contributed by atoms with Gasteiger partial charge in [0.15, 0.2) is 5.78 Å². The summed E-state index contributed by atoms with van der Waals surface area (Å²) in [6.45, 7) is 0.252. The highest BCUT2D eigenvalue weighted by atomic mass is 16.1. The molecule has 0 bridgehead atoms. The van der Waals surface area contributed by atoms with E-state index in [-0.39, 0.29) is 12.3 Å². The third-order valence-corrected chi connectivity index (χ3v) is 3.99. The second-order valence-electron chi connectivity index (χ2n) is 5.54. The minimum Gasteiger partial charge on any atom is -0.316 e. The molecule has 4 aromatic rings. The molecule has 2 heterocycles. The summed E-state index contributed by atoms with van der Waals surface area (Å²) in [5, 5.41) is 0. The first kappa shape index (κ1) is 14.3. The van der Waals surface area contributed by atoms with Gasteiger partial charge in [0.05, 0.1) is 17.6 Å². The van der Waals surface area contributed by atoms with E-state index >= 15 is 0 Å². The Morgan fingerprint density at radius 3 is 2.38 bits per heavy atom. The number of carbonyl (C=O) groups excluding carboxylic acids is 1. The van der Waals surface area contributed by atoms with E-state index in [0.29, 0.717) is 5.56 Å². The number of rotatable bonds is 4. The van der Waals surface area contributed by atoms with Crippen molar-refractivity contribution in [2.24, 2.45) is 0 Å². The normalized spacial score (nSPS) is 10.8. The zero-order chi connectivity index (χ0) is 16.4. The van der Waals surface area contributed by atoms with Crippen molar-refractivity contribution in [2.75, 3.05) is 0 Å². The Morgan fingerprint density at radius 2 is 1.58 bits per heavy atom. The maximum atomic E-state index is 12.7. The number of para-hydroxylation sites is 2. The molecule has 2 aromatic carbocycles. The van der Waals surface area contributed by atoms with E-state index in [0.717, 1.165) is 22.4 Å². The van der Waals surface area contributed by atoms with Crippen LogP contribution in [0.25, 0.3) is 22.4 Å². The lowest BCUT2D eigenvalue weighted by Gasteiger charge is -2.09. The summed E-state index contributed by atoms with van der Waals surface area (Å²) in [4.78, 5) is 21.4. The summed E-state index contributed by atoms with van der Waals surface area (Å²) in [7, 11) is 0. The standard InChI is InChI=1S/C20H15N3O/c24-19(15-6-2-1-3-7-15)14-23-18-9-5-4-8-17(18)22-20(23)16-10-12-21-13-11-16/h1-13H,14H2. The van der Waals surface area contributed by atoms with Crippen LogP contribution in [0.1, 0.15) is 10.4 Å². The minimum absolute atomic E-state index is 0.0639. The number of benzene rings is 2. The largest absolute Gasteiger partial charge is 0.316 e. The van der Waals surface area contributed by atoms with Crippen LogP contribution in [0, 0.1) is 0 Å². The number of aromatic nitrogens is 3. The number of hydrogen-bond donors (Lipinski definition) is 0. The van der Waals surface area contributed by atoms with E-state index in [2.05, 4.69) is 4.98 Å². The summed E-state index contributed by atoms with van der Waals surface area (Å²) in [5.74, 6) is 0.844. The van der Waals surface area contributed by atoms with Crippen molar-refractivity contribution in [3.8, 4) is 11.4 Å². The van der Waals surface area contributed by atoms with Crippen molar-refractivity contribution in [2.45, 2.75) is 6.54 Å². The molecule has 4 rings (SSSR count). The van der Waals surface area contributed by atoms with Crippen LogP contribution in [0.5, 0.6) is 0 Å². The first-order valence-corrected chi connectivity index (χ1v) is 7.77. The molecule has 0 unspecified atom stereocenters. The molecule has 2 aromatic heterocycles. The molecule has 0 amide bonds. The third-order valence-electron chi connectivity index (χ3n) is 3.99. The van der Waals surface area contributed by atoms with E-state index in [1.165, 1.54) is 0 Å². The summed E-state index contributed by atoms with van der Waals surface area (Å²) >= 11 is 0. The predicted octanol–water partition coefficient (Wildman–Crippen LogP) is 3.98. The van der Waals surface area contributed by atoms with E-state index in [4.69, 9.17) is 4.98 Å². The second kappa shape index (κ2) is 6.08. The maximum Gasteiger partial charge on any atom is 0.182 e. The molecular formula is C20H15N3O. The first-order valence-electron chi connectivity index (χ1n) is 7.77. The number of fused-ring (bicyclic) bond motifs is 1. The zero-order valence-electron chi connectivity index (χ0n) is 13.0. The van der Waals surface area contributed by atoms with Gasteiger partial charge in [0.25, 0.3) is 0 Å². The Morgan fingerprint density at radius 1 is 0.875 bits per heavy atom. The number of hydrogen-bond acceptors (Lipinski definition) is 3. The number of nitrogens with zero attached hydrogens (tertiary/aromatic N) is 3. The number of imidazole rings is 1. The monoisotopic (exact) mass is 313 g/mol. The van der Waals surface area contributed by atoms with Crippen LogP contribution >= 0.6 is 0 Å². The number of ketones is 1. The van der Waals surface area contributed by atoms with Crippen molar-refractivity contribution in [1.82, 2.24) is 14.5 Å². The molecular weight excluding hydrogens is 298 g/mol. The van der Waals surface area contributed by atoms with Crippen molar-refractivity contribution in [3.05, 3.63) is 84.7 Å². The molecule has 0 aliphatic rings. The fourth-order valence-electron chi connectivity index (χ4n) is 2.82. The minimum atomic E-state index is 0.0639. The van der Waals surface area contributed by atoms with Gasteiger partial charge in [0.1, 0.15) is 5.82 Å². The predicted molar refractivity (Wildman–Crippen MR) is 93.7 cm³/mol. The number of carbonyl (C=O) groups is 1. The molecule has 0 saturated heterocycles. The first-order chi connectivity index (χ1) is 11.8. The van der Waals surface area contributed by atoms with Gasteiger partial charge in [-0.2, -0.15) is 0 Å². The average molecular weight is 313 g/mol. The molecule has 0 N–H and O–H groups in total. The topological polar surface area (TPSA) is 47.8 Å². The van der Waals surface area contributed by atoms with Gasteiger partial charge in [-0.05, 0) is 24.3 Å². The second-order valence-corrected chi connectivity index (χ2v) is 5.54. The van der Waals surface area contributed by atoms with Gasteiger partial charge in [-0.15, -0.1) is 0 Å². The van der Waals surface area contributed by atoms with Gasteiger partial charge in [-0.25, -0.2) is 4.98 Å². The molecule has 0 atom stereocenters. The van der Waals surface area contributed by atoms with E-state index in [1.807, 2.05) is 71.3 Å².